The minimum Gasteiger partial charge on any atom is -0.383 e. The minimum absolute atomic E-state index is 0.298. The predicted octanol–water partition coefficient (Wildman–Crippen LogP) is 2.02. The van der Waals surface area contributed by atoms with Crippen LogP contribution >= 0.6 is 27.5 Å². The van der Waals surface area contributed by atoms with Crippen LogP contribution in [0.25, 0.3) is 0 Å². The van der Waals surface area contributed by atoms with Gasteiger partial charge in [-0.25, -0.2) is 4.98 Å². The summed E-state index contributed by atoms with van der Waals surface area (Å²) in [6, 6.07) is 1.81. The van der Waals surface area contributed by atoms with Crippen LogP contribution in [0, 0.1) is 11.8 Å². The smallest absolute Gasteiger partial charge is 0.139 e. The van der Waals surface area contributed by atoms with E-state index in [4.69, 9.17) is 17.3 Å². The van der Waals surface area contributed by atoms with Crippen LogP contribution in [0.4, 0.5) is 5.82 Å². The number of alkyl halides is 1. The Morgan fingerprint density at radius 1 is 1.67 bits per heavy atom. The molecular weight excluding hydrogens is 239 g/mol. The molecule has 0 aliphatic carbocycles. The van der Waals surface area contributed by atoms with Gasteiger partial charge < -0.3 is 5.73 Å². The first-order valence-electron chi connectivity index (χ1n) is 3.20. The zero-order valence-corrected chi connectivity index (χ0v) is 8.48. The largest absolute Gasteiger partial charge is 0.383 e. The summed E-state index contributed by atoms with van der Waals surface area (Å²) < 4.78 is 0.857. The first kappa shape index (κ1) is 9.37. The van der Waals surface area contributed by atoms with Gasteiger partial charge in [-0.05, 0) is 22.0 Å². The van der Waals surface area contributed by atoms with Gasteiger partial charge in [0.15, 0.2) is 0 Å². The van der Waals surface area contributed by atoms with Gasteiger partial charge in [-0.3, -0.25) is 0 Å². The minimum atomic E-state index is 0.298. The molecule has 1 aromatic rings. The zero-order chi connectivity index (χ0) is 8.97. The van der Waals surface area contributed by atoms with Crippen molar-refractivity contribution < 1.29 is 0 Å². The summed E-state index contributed by atoms with van der Waals surface area (Å²) in [5, 5.41) is 0. The number of halogens is 2. The molecule has 2 N–H and O–H groups in total. The average Bonchev–Trinajstić information content (AvgIpc) is 2.07. The summed E-state index contributed by atoms with van der Waals surface area (Å²) in [5.74, 6) is 6.24. The molecule has 62 valence electrons. The highest BCUT2D eigenvalue weighted by Crippen LogP contribution is 2.13. The Hall–Kier alpha value is -0.720. The molecule has 0 amide bonds. The van der Waals surface area contributed by atoms with E-state index in [1.54, 1.807) is 6.20 Å². The number of anilines is 1. The fraction of sp³-hybridized carbons (Fsp3) is 0.125. The van der Waals surface area contributed by atoms with Gasteiger partial charge in [0.2, 0.25) is 0 Å². The Labute approximate surface area is 84.3 Å². The van der Waals surface area contributed by atoms with Crippen LogP contribution in [0.1, 0.15) is 5.56 Å². The van der Waals surface area contributed by atoms with Crippen molar-refractivity contribution in [1.82, 2.24) is 4.98 Å². The van der Waals surface area contributed by atoms with Crippen LogP contribution in [-0.2, 0) is 0 Å². The fourth-order valence-electron chi connectivity index (χ4n) is 0.679. The maximum Gasteiger partial charge on any atom is 0.139 e. The second-order valence-corrected chi connectivity index (χ2v) is 3.20. The molecule has 0 saturated carbocycles. The molecule has 1 rings (SSSR count). The van der Waals surface area contributed by atoms with Crippen molar-refractivity contribution in [2.24, 2.45) is 0 Å². The van der Waals surface area contributed by atoms with Gasteiger partial charge in [-0.1, -0.05) is 11.8 Å². The molecular formula is C8H6BrClN2. The van der Waals surface area contributed by atoms with Gasteiger partial charge in [-0.2, -0.15) is 0 Å². The van der Waals surface area contributed by atoms with Crippen molar-refractivity contribution >= 4 is 33.3 Å². The van der Waals surface area contributed by atoms with E-state index in [0.29, 0.717) is 17.3 Å². The topological polar surface area (TPSA) is 38.9 Å². The molecule has 0 aliphatic rings. The van der Waals surface area contributed by atoms with E-state index in [0.717, 1.165) is 4.47 Å². The highest BCUT2D eigenvalue weighted by atomic mass is 79.9. The van der Waals surface area contributed by atoms with Gasteiger partial charge in [0.1, 0.15) is 5.82 Å². The molecule has 4 heteroatoms. The molecule has 0 spiro atoms. The number of nitrogens with two attached hydrogens (primary N) is 1. The number of hydrogen-bond acceptors (Lipinski definition) is 2. The lowest BCUT2D eigenvalue weighted by atomic mass is 10.2. The first-order chi connectivity index (χ1) is 5.74. The first-order valence-corrected chi connectivity index (χ1v) is 4.52. The van der Waals surface area contributed by atoms with E-state index < -0.39 is 0 Å². The number of pyridine rings is 1. The van der Waals surface area contributed by atoms with Crippen LogP contribution in [0.15, 0.2) is 16.7 Å². The van der Waals surface area contributed by atoms with E-state index >= 15 is 0 Å². The predicted molar refractivity (Wildman–Crippen MR) is 53.9 cm³/mol. The molecule has 1 heterocycles. The summed E-state index contributed by atoms with van der Waals surface area (Å²) in [4.78, 5) is 3.92. The van der Waals surface area contributed by atoms with E-state index in [9.17, 15) is 0 Å². The Balaban J connectivity index is 3.05. The number of nitrogen functional groups attached to an aromatic ring is 1. The quantitative estimate of drug-likeness (QED) is 0.561. The second-order valence-electron chi connectivity index (χ2n) is 2.02. The lowest BCUT2D eigenvalue weighted by Gasteiger charge is -1.96. The summed E-state index contributed by atoms with van der Waals surface area (Å²) >= 11 is 8.67. The lowest BCUT2D eigenvalue weighted by Crippen LogP contribution is -1.93. The van der Waals surface area contributed by atoms with Crippen molar-refractivity contribution in [2.45, 2.75) is 0 Å². The third-order valence-electron chi connectivity index (χ3n) is 1.18. The Bertz CT molecular complexity index is 341. The van der Waals surface area contributed by atoms with E-state index in [1.165, 1.54) is 0 Å². The van der Waals surface area contributed by atoms with Crippen molar-refractivity contribution in [3.63, 3.8) is 0 Å². The molecule has 0 bridgehead atoms. The summed E-state index contributed by atoms with van der Waals surface area (Å²) in [6.07, 6.45) is 1.63. The molecule has 0 radical (unpaired) electrons. The number of hydrogen-bond donors (Lipinski definition) is 1. The van der Waals surface area contributed by atoms with Gasteiger partial charge in [0.25, 0.3) is 0 Å². The monoisotopic (exact) mass is 244 g/mol. The number of rotatable bonds is 0. The third kappa shape index (κ3) is 2.40. The van der Waals surface area contributed by atoms with Crippen molar-refractivity contribution in [2.75, 3.05) is 11.6 Å². The molecule has 0 unspecified atom stereocenters. The summed E-state index contributed by atoms with van der Waals surface area (Å²) in [7, 11) is 0. The lowest BCUT2D eigenvalue weighted by molar-refractivity contribution is 1.30. The van der Waals surface area contributed by atoms with Gasteiger partial charge in [0, 0.05) is 10.7 Å². The Kier molecular flexibility index (Phi) is 3.39. The van der Waals surface area contributed by atoms with E-state index in [-0.39, 0.29) is 0 Å². The number of aromatic nitrogens is 1. The second kappa shape index (κ2) is 4.34. The molecule has 0 aromatic carbocycles. The van der Waals surface area contributed by atoms with Gasteiger partial charge in [0.05, 0.1) is 11.4 Å². The van der Waals surface area contributed by atoms with E-state index in [2.05, 4.69) is 32.8 Å². The maximum absolute atomic E-state index is 5.55. The van der Waals surface area contributed by atoms with Crippen LogP contribution in [0.2, 0.25) is 0 Å². The average molecular weight is 246 g/mol. The molecule has 2 nitrogen and oxygen atoms in total. The van der Waals surface area contributed by atoms with Crippen molar-refractivity contribution in [1.29, 1.82) is 0 Å². The molecule has 12 heavy (non-hydrogen) atoms. The Morgan fingerprint density at radius 2 is 2.42 bits per heavy atom. The van der Waals surface area contributed by atoms with Crippen LogP contribution in [0.3, 0.4) is 0 Å². The van der Waals surface area contributed by atoms with Crippen LogP contribution < -0.4 is 5.73 Å². The van der Waals surface area contributed by atoms with Crippen LogP contribution in [0.5, 0.6) is 0 Å². The van der Waals surface area contributed by atoms with E-state index in [1.807, 2.05) is 6.07 Å². The fourth-order valence-corrected chi connectivity index (χ4v) is 1.08. The Morgan fingerprint density at radius 3 is 3.08 bits per heavy atom. The molecule has 1 aromatic heterocycles. The third-order valence-corrected chi connectivity index (χ3v) is 1.74. The maximum atomic E-state index is 5.55. The summed E-state index contributed by atoms with van der Waals surface area (Å²) in [5.41, 5.74) is 6.25. The molecule has 0 saturated heterocycles. The van der Waals surface area contributed by atoms with Gasteiger partial charge in [-0.15, -0.1) is 11.6 Å². The number of nitrogens with zero attached hydrogens (tertiary/aromatic N) is 1. The van der Waals surface area contributed by atoms with Crippen molar-refractivity contribution in [3.8, 4) is 11.8 Å². The highest BCUT2D eigenvalue weighted by molar-refractivity contribution is 9.10. The molecule has 0 atom stereocenters. The normalized spacial score (nSPS) is 8.83. The molecule has 0 fully saturated rings. The van der Waals surface area contributed by atoms with Gasteiger partial charge >= 0.3 is 0 Å². The standard InChI is InChI=1S/C8H6BrClN2/c9-7-4-6(2-1-3-10)8(11)12-5-7/h4-5H,3H2,(H2,11,12). The van der Waals surface area contributed by atoms with Crippen molar-refractivity contribution in [3.05, 3.63) is 22.3 Å². The SMILES string of the molecule is Nc1ncc(Br)cc1C#CCCl. The summed E-state index contributed by atoms with van der Waals surface area (Å²) in [6.45, 7) is 0. The molecule has 0 aliphatic heterocycles. The zero-order valence-electron chi connectivity index (χ0n) is 6.14. The van der Waals surface area contributed by atoms with Crippen LogP contribution in [-0.4, -0.2) is 10.9 Å². The highest BCUT2D eigenvalue weighted by Gasteiger charge is 1.96.